The molecule has 1 atom stereocenters. The van der Waals surface area contributed by atoms with E-state index in [0.29, 0.717) is 0 Å². The van der Waals surface area contributed by atoms with Crippen molar-refractivity contribution >= 4 is 15.9 Å². The van der Waals surface area contributed by atoms with Gasteiger partial charge in [0.05, 0.1) is 0 Å². The number of hydrogen-bond donors (Lipinski definition) is 0. The Morgan fingerprint density at radius 3 is 2.14 bits per heavy atom. The first-order valence-corrected chi connectivity index (χ1v) is 2.42. The van der Waals surface area contributed by atoms with Gasteiger partial charge >= 0.3 is 0 Å². The van der Waals surface area contributed by atoms with E-state index in [1.54, 1.807) is 0 Å². The van der Waals surface area contributed by atoms with Crippen LogP contribution in [0.15, 0.2) is 0 Å². The van der Waals surface area contributed by atoms with Gasteiger partial charge in [0.25, 0.3) is 4.45 Å². The smallest absolute Gasteiger partial charge is 0.263 e. The average molecular weight is 167 g/mol. The van der Waals surface area contributed by atoms with Crippen molar-refractivity contribution in [3.8, 4) is 0 Å². The largest absolute Gasteiger partial charge is 0.272 e. The molecule has 0 aliphatic carbocycles. The minimum atomic E-state index is -1.22. The van der Waals surface area contributed by atoms with E-state index in [4.69, 9.17) is 0 Å². The molecule has 0 aromatic carbocycles. The van der Waals surface area contributed by atoms with E-state index >= 15 is 0 Å². The summed E-state index contributed by atoms with van der Waals surface area (Å²) in [4.78, 5) is 9.21. The molecule has 0 aliphatic heterocycles. The van der Waals surface area contributed by atoms with E-state index in [1.165, 1.54) is 6.92 Å². The highest BCUT2D eigenvalue weighted by molar-refractivity contribution is 9.10. The molecule has 7 heavy (non-hydrogen) atoms. The van der Waals surface area contributed by atoms with Gasteiger partial charge in [-0.2, -0.15) is 0 Å². The fraction of sp³-hybridized carbons (Fsp3) is 0.667. The van der Waals surface area contributed by atoms with Crippen LogP contribution in [-0.2, 0) is 0 Å². The summed E-state index contributed by atoms with van der Waals surface area (Å²) >= 11 is 2.73. The van der Waals surface area contributed by atoms with Gasteiger partial charge in [0.1, 0.15) is 0 Å². The second kappa shape index (κ2) is 1.78. The highest BCUT2D eigenvalue weighted by atomic mass is 79.9. The van der Waals surface area contributed by atoms with Crippen molar-refractivity contribution in [2.75, 3.05) is 0 Å². The molecule has 1 radical (unpaired) electrons. The van der Waals surface area contributed by atoms with Gasteiger partial charge in [-0.15, -0.1) is 0 Å². The summed E-state index contributed by atoms with van der Waals surface area (Å²) in [5, 5.41) is 9.72. The molecular formula is C3H5BrNO2. The minimum Gasteiger partial charge on any atom is -0.263 e. The van der Waals surface area contributed by atoms with Crippen molar-refractivity contribution in [3.05, 3.63) is 17.0 Å². The summed E-state index contributed by atoms with van der Waals surface area (Å²) < 4.78 is -1.22. The van der Waals surface area contributed by atoms with Gasteiger partial charge in [-0.05, 0) is 15.9 Å². The van der Waals surface area contributed by atoms with E-state index in [1.807, 2.05) is 0 Å². The lowest BCUT2D eigenvalue weighted by Crippen LogP contribution is -2.22. The predicted molar refractivity (Wildman–Crippen MR) is 29.7 cm³/mol. The monoisotopic (exact) mass is 166 g/mol. The molecule has 0 amide bonds. The highest BCUT2D eigenvalue weighted by Gasteiger charge is 2.24. The zero-order valence-electron chi connectivity index (χ0n) is 3.85. The second-order valence-corrected chi connectivity index (χ2v) is 3.11. The summed E-state index contributed by atoms with van der Waals surface area (Å²) in [6.45, 7) is 4.56. The Bertz CT molecular complexity index is 85.4. The zero-order chi connectivity index (χ0) is 6.08. The van der Waals surface area contributed by atoms with Crippen LogP contribution in [-0.4, -0.2) is 9.37 Å². The average Bonchev–Trinajstić information content (AvgIpc) is 1.31. The van der Waals surface area contributed by atoms with Gasteiger partial charge in [0.15, 0.2) is 0 Å². The maximum atomic E-state index is 9.72. The number of rotatable bonds is 1. The third kappa shape index (κ3) is 2.56. The minimum absolute atomic E-state index is 0.507. The first-order chi connectivity index (χ1) is 2.94. The third-order valence-corrected chi connectivity index (χ3v) is 0.670. The molecule has 4 heteroatoms. The molecular weight excluding hydrogens is 162 g/mol. The summed E-state index contributed by atoms with van der Waals surface area (Å²) in [5.74, 6) is 0. The van der Waals surface area contributed by atoms with Gasteiger partial charge < -0.3 is 0 Å². The van der Waals surface area contributed by atoms with E-state index in [-0.39, 0.29) is 0 Å². The molecule has 0 aromatic heterocycles. The zero-order valence-corrected chi connectivity index (χ0v) is 5.43. The van der Waals surface area contributed by atoms with Crippen molar-refractivity contribution in [2.45, 2.75) is 11.4 Å². The first-order valence-electron chi connectivity index (χ1n) is 1.63. The van der Waals surface area contributed by atoms with E-state index in [0.717, 1.165) is 0 Å². The molecule has 0 rings (SSSR count). The van der Waals surface area contributed by atoms with E-state index in [9.17, 15) is 10.1 Å². The van der Waals surface area contributed by atoms with Crippen LogP contribution in [0.4, 0.5) is 0 Å². The molecule has 0 aromatic rings. The Hall–Kier alpha value is -0.120. The number of hydrogen-bond acceptors (Lipinski definition) is 2. The Morgan fingerprint density at radius 2 is 2.14 bits per heavy atom. The van der Waals surface area contributed by atoms with Crippen LogP contribution in [0.5, 0.6) is 0 Å². The summed E-state index contributed by atoms with van der Waals surface area (Å²) in [7, 11) is 0. The summed E-state index contributed by atoms with van der Waals surface area (Å²) in [5.41, 5.74) is 0. The molecule has 0 heterocycles. The molecule has 1 unspecified atom stereocenters. The highest BCUT2D eigenvalue weighted by Crippen LogP contribution is 2.13. The van der Waals surface area contributed by atoms with Crippen LogP contribution < -0.4 is 0 Å². The quantitative estimate of drug-likeness (QED) is 0.255. The van der Waals surface area contributed by atoms with Crippen molar-refractivity contribution in [1.82, 2.24) is 0 Å². The van der Waals surface area contributed by atoms with Crippen LogP contribution in [0, 0.1) is 17.0 Å². The molecule has 0 saturated carbocycles. The lowest BCUT2D eigenvalue weighted by molar-refractivity contribution is -0.518. The van der Waals surface area contributed by atoms with Gasteiger partial charge in [-0.25, -0.2) is 0 Å². The van der Waals surface area contributed by atoms with Crippen LogP contribution >= 0.6 is 15.9 Å². The molecule has 0 bridgehead atoms. The lowest BCUT2D eigenvalue weighted by atomic mass is 10.4. The molecule has 41 valence electrons. The Labute approximate surface area is 50.0 Å². The van der Waals surface area contributed by atoms with Gasteiger partial charge in [0, 0.05) is 18.8 Å². The van der Waals surface area contributed by atoms with Crippen LogP contribution in [0.3, 0.4) is 0 Å². The summed E-state index contributed by atoms with van der Waals surface area (Å²) in [6.07, 6.45) is 0. The second-order valence-electron chi connectivity index (χ2n) is 1.40. The molecule has 3 nitrogen and oxygen atoms in total. The molecule has 0 saturated heterocycles. The number of nitro groups is 1. The van der Waals surface area contributed by atoms with Gasteiger partial charge in [-0.3, -0.25) is 10.1 Å². The normalized spacial score (nSPS) is 11.3. The van der Waals surface area contributed by atoms with Crippen molar-refractivity contribution in [2.24, 2.45) is 0 Å². The van der Waals surface area contributed by atoms with Crippen LogP contribution in [0.25, 0.3) is 0 Å². The lowest BCUT2D eigenvalue weighted by Gasteiger charge is -2.02. The molecule has 0 spiro atoms. The maximum Gasteiger partial charge on any atom is 0.272 e. The predicted octanol–water partition coefficient (Wildman–Crippen LogP) is 1.21. The Morgan fingerprint density at radius 1 is 2.00 bits per heavy atom. The Kier molecular flexibility index (Phi) is 1.75. The number of alkyl halides is 1. The fourth-order valence-corrected chi connectivity index (χ4v) is 0. The molecule has 0 N–H and O–H groups in total. The Balaban J connectivity index is 3.79. The topological polar surface area (TPSA) is 43.1 Å². The van der Waals surface area contributed by atoms with Crippen LogP contribution in [0.2, 0.25) is 0 Å². The van der Waals surface area contributed by atoms with Crippen LogP contribution in [0.1, 0.15) is 6.92 Å². The van der Waals surface area contributed by atoms with Crippen molar-refractivity contribution in [3.63, 3.8) is 0 Å². The van der Waals surface area contributed by atoms with Crippen molar-refractivity contribution in [1.29, 1.82) is 0 Å². The first kappa shape index (κ1) is 6.88. The number of nitrogens with zero attached hydrogens (tertiary/aromatic N) is 1. The summed E-state index contributed by atoms with van der Waals surface area (Å²) in [6, 6.07) is 0. The number of halogens is 1. The fourth-order valence-electron chi connectivity index (χ4n) is 0. The van der Waals surface area contributed by atoms with Gasteiger partial charge in [0.2, 0.25) is 0 Å². The van der Waals surface area contributed by atoms with Gasteiger partial charge in [-0.1, -0.05) is 0 Å². The van der Waals surface area contributed by atoms with E-state index in [2.05, 4.69) is 22.9 Å². The molecule has 0 aliphatic rings. The standard InChI is InChI=1S/C3H5BrNO2/c1-3(2,4)5(6)7/h1H2,2H3. The maximum absolute atomic E-state index is 9.72. The molecule has 0 fully saturated rings. The van der Waals surface area contributed by atoms with E-state index < -0.39 is 9.37 Å². The SMILES string of the molecule is [CH2]C(C)(Br)[N+](=O)[O-]. The third-order valence-electron chi connectivity index (χ3n) is 0.381. The van der Waals surface area contributed by atoms with Crippen molar-refractivity contribution < 1.29 is 4.92 Å².